The fraction of sp³-hybridized carbons (Fsp3) is 0.600. The molecule has 1 N–H and O–H groups in total. The van der Waals surface area contributed by atoms with E-state index in [1.165, 1.54) is 0 Å². The summed E-state index contributed by atoms with van der Waals surface area (Å²) >= 11 is 0. The van der Waals surface area contributed by atoms with E-state index in [4.69, 9.17) is 4.42 Å². The quantitative estimate of drug-likeness (QED) is 0.694. The minimum Gasteiger partial charge on any atom is -0.469 e. The van der Waals surface area contributed by atoms with Crippen molar-refractivity contribution in [2.24, 2.45) is 0 Å². The predicted molar refractivity (Wildman–Crippen MR) is 46.0 cm³/mol. The molecule has 0 bridgehead atoms. The zero-order valence-electron chi connectivity index (χ0n) is 7.29. The van der Waals surface area contributed by atoms with Gasteiger partial charge in [0.15, 0.2) is 0 Å². The Labute approximate surface area is 72.2 Å². The highest BCUT2D eigenvalue weighted by Crippen LogP contribution is 2.35. The molecule has 0 aliphatic heterocycles. The van der Waals surface area contributed by atoms with E-state index in [1.807, 2.05) is 13.0 Å². The van der Waals surface area contributed by atoms with Gasteiger partial charge in [-0.05, 0) is 31.4 Å². The van der Waals surface area contributed by atoms with Crippen molar-refractivity contribution < 1.29 is 9.52 Å². The largest absolute Gasteiger partial charge is 0.469 e. The fourth-order valence-electron chi connectivity index (χ4n) is 1.99. The molecule has 2 nitrogen and oxygen atoms in total. The molecule has 1 heterocycles. The number of aliphatic hydroxyl groups is 1. The molecule has 1 saturated carbocycles. The van der Waals surface area contributed by atoms with Crippen LogP contribution in [0.15, 0.2) is 16.7 Å². The average Bonchev–Trinajstić information content (AvgIpc) is 2.58. The van der Waals surface area contributed by atoms with E-state index in [2.05, 4.69) is 0 Å². The van der Waals surface area contributed by atoms with Gasteiger partial charge in [0, 0.05) is 5.92 Å². The van der Waals surface area contributed by atoms with Crippen LogP contribution >= 0.6 is 0 Å². The van der Waals surface area contributed by atoms with Gasteiger partial charge in [-0.25, -0.2) is 0 Å². The number of furan rings is 1. The fourth-order valence-corrected chi connectivity index (χ4v) is 1.99. The van der Waals surface area contributed by atoms with Gasteiger partial charge in [0.2, 0.25) is 0 Å². The molecule has 1 aromatic rings. The van der Waals surface area contributed by atoms with Gasteiger partial charge in [0.1, 0.15) is 5.76 Å². The number of hydrogen-bond acceptors (Lipinski definition) is 2. The smallest absolute Gasteiger partial charge is 0.100 e. The first kappa shape index (κ1) is 7.87. The van der Waals surface area contributed by atoms with Crippen molar-refractivity contribution in [3.05, 3.63) is 23.7 Å². The van der Waals surface area contributed by atoms with Crippen LogP contribution in [0.3, 0.4) is 0 Å². The summed E-state index contributed by atoms with van der Waals surface area (Å²) in [5.74, 6) is 1.26. The Balaban J connectivity index is 2.19. The van der Waals surface area contributed by atoms with Gasteiger partial charge in [0.25, 0.3) is 0 Å². The third-order valence-electron chi connectivity index (χ3n) is 2.66. The Morgan fingerprint density at radius 1 is 1.50 bits per heavy atom. The number of aryl methyl sites for hydroxylation is 1. The molecule has 2 unspecified atom stereocenters. The standard InChI is InChI=1S/C10H14O2/c1-7-5-8(6-12-7)9-3-2-4-10(9)11/h5-6,9-11H,2-4H2,1H3. The van der Waals surface area contributed by atoms with Gasteiger partial charge in [-0.15, -0.1) is 0 Å². The van der Waals surface area contributed by atoms with E-state index in [1.54, 1.807) is 6.26 Å². The Bertz CT molecular complexity index is 265. The SMILES string of the molecule is Cc1cc(C2CCCC2O)co1. The molecule has 0 amide bonds. The molecular weight excluding hydrogens is 152 g/mol. The normalized spacial score (nSPS) is 29.5. The first-order valence-corrected chi connectivity index (χ1v) is 4.50. The van der Waals surface area contributed by atoms with Gasteiger partial charge >= 0.3 is 0 Å². The molecule has 0 saturated heterocycles. The lowest BCUT2D eigenvalue weighted by Crippen LogP contribution is -2.09. The summed E-state index contributed by atoms with van der Waals surface area (Å²) in [5.41, 5.74) is 1.16. The number of rotatable bonds is 1. The maximum Gasteiger partial charge on any atom is 0.100 e. The lowest BCUT2D eigenvalue weighted by molar-refractivity contribution is 0.163. The summed E-state index contributed by atoms with van der Waals surface area (Å²) < 4.78 is 5.21. The lowest BCUT2D eigenvalue weighted by Gasteiger charge is -2.10. The van der Waals surface area contributed by atoms with Crippen molar-refractivity contribution in [1.29, 1.82) is 0 Å². The van der Waals surface area contributed by atoms with Gasteiger partial charge in [-0.2, -0.15) is 0 Å². The van der Waals surface area contributed by atoms with Crippen LogP contribution in [0.1, 0.15) is 36.5 Å². The zero-order chi connectivity index (χ0) is 8.55. The second-order valence-electron chi connectivity index (χ2n) is 3.60. The van der Waals surface area contributed by atoms with E-state index < -0.39 is 0 Å². The van der Waals surface area contributed by atoms with Crippen LogP contribution in [0.5, 0.6) is 0 Å². The topological polar surface area (TPSA) is 33.4 Å². The van der Waals surface area contributed by atoms with Crippen molar-refractivity contribution in [3.8, 4) is 0 Å². The summed E-state index contributed by atoms with van der Waals surface area (Å²) in [6.45, 7) is 1.94. The number of hydrogen-bond donors (Lipinski definition) is 1. The van der Waals surface area contributed by atoms with E-state index in [0.29, 0.717) is 5.92 Å². The Morgan fingerprint density at radius 2 is 2.33 bits per heavy atom. The van der Waals surface area contributed by atoms with Crippen molar-refractivity contribution >= 4 is 0 Å². The van der Waals surface area contributed by atoms with Crippen LogP contribution in [0, 0.1) is 6.92 Å². The molecule has 1 aromatic heterocycles. The third-order valence-corrected chi connectivity index (χ3v) is 2.66. The van der Waals surface area contributed by atoms with Crippen molar-refractivity contribution in [1.82, 2.24) is 0 Å². The van der Waals surface area contributed by atoms with Gasteiger partial charge in [0.05, 0.1) is 12.4 Å². The molecule has 66 valence electrons. The van der Waals surface area contributed by atoms with Crippen LogP contribution < -0.4 is 0 Å². The van der Waals surface area contributed by atoms with Crippen LogP contribution in [0.2, 0.25) is 0 Å². The maximum atomic E-state index is 9.61. The maximum absolute atomic E-state index is 9.61. The zero-order valence-corrected chi connectivity index (χ0v) is 7.29. The van der Waals surface area contributed by atoms with Gasteiger partial charge < -0.3 is 9.52 Å². The van der Waals surface area contributed by atoms with E-state index in [9.17, 15) is 5.11 Å². The van der Waals surface area contributed by atoms with Crippen molar-refractivity contribution in [2.75, 3.05) is 0 Å². The third kappa shape index (κ3) is 1.27. The Hall–Kier alpha value is -0.760. The molecule has 1 aliphatic rings. The minimum atomic E-state index is -0.151. The molecule has 0 aromatic carbocycles. The summed E-state index contributed by atoms with van der Waals surface area (Å²) in [6.07, 6.45) is 4.79. The average molecular weight is 166 g/mol. The molecule has 2 rings (SSSR count). The van der Waals surface area contributed by atoms with Crippen molar-refractivity contribution in [2.45, 2.75) is 38.2 Å². The Morgan fingerprint density at radius 3 is 2.83 bits per heavy atom. The predicted octanol–water partition coefficient (Wildman–Crippen LogP) is 2.22. The van der Waals surface area contributed by atoms with Gasteiger partial charge in [-0.1, -0.05) is 6.42 Å². The summed E-state index contributed by atoms with van der Waals surface area (Å²) in [4.78, 5) is 0. The summed E-state index contributed by atoms with van der Waals surface area (Å²) in [7, 11) is 0. The van der Waals surface area contributed by atoms with Crippen LogP contribution in [0.4, 0.5) is 0 Å². The summed E-state index contributed by atoms with van der Waals surface area (Å²) in [5, 5.41) is 9.61. The van der Waals surface area contributed by atoms with E-state index >= 15 is 0 Å². The second-order valence-corrected chi connectivity index (χ2v) is 3.60. The molecule has 0 spiro atoms. The molecular formula is C10H14O2. The highest BCUT2D eigenvalue weighted by molar-refractivity contribution is 5.19. The molecule has 2 atom stereocenters. The molecule has 0 radical (unpaired) electrons. The number of aliphatic hydroxyl groups excluding tert-OH is 1. The van der Waals surface area contributed by atoms with Crippen LogP contribution in [-0.4, -0.2) is 11.2 Å². The molecule has 1 aliphatic carbocycles. The first-order valence-electron chi connectivity index (χ1n) is 4.50. The lowest BCUT2D eigenvalue weighted by atomic mass is 9.98. The Kier molecular flexibility index (Phi) is 1.93. The molecule has 2 heteroatoms. The molecule has 12 heavy (non-hydrogen) atoms. The van der Waals surface area contributed by atoms with Gasteiger partial charge in [-0.3, -0.25) is 0 Å². The van der Waals surface area contributed by atoms with E-state index in [-0.39, 0.29) is 6.10 Å². The van der Waals surface area contributed by atoms with Crippen LogP contribution in [-0.2, 0) is 0 Å². The van der Waals surface area contributed by atoms with E-state index in [0.717, 1.165) is 30.6 Å². The minimum absolute atomic E-state index is 0.151. The second kappa shape index (κ2) is 2.94. The first-order chi connectivity index (χ1) is 5.77. The van der Waals surface area contributed by atoms with Crippen LogP contribution in [0.25, 0.3) is 0 Å². The summed E-state index contributed by atoms with van der Waals surface area (Å²) in [6, 6.07) is 2.03. The monoisotopic (exact) mass is 166 g/mol. The molecule has 1 fully saturated rings. The highest BCUT2D eigenvalue weighted by atomic mass is 16.3. The van der Waals surface area contributed by atoms with Crippen molar-refractivity contribution in [3.63, 3.8) is 0 Å². The highest BCUT2D eigenvalue weighted by Gasteiger charge is 2.27.